The van der Waals surface area contributed by atoms with E-state index in [0.29, 0.717) is 21.2 Å². The standard InChI is InChI=1S/C21H18N2O4S/c1-3-26-21(25)19-13(2)17(11-22)20(28-19)23-18(24)12-27-16-9-8-14-6-4-5-7-15(14)10-16/h4-10H,3,12H2,1-2H3,(H,23,24). The van der Waals surface area contributed by atoms with Gasteiger partial charge in [-0.15, -0.1) is 11.3 Å². The van der Waals surface area contributed by atoms with Gasteiger partial charge in [0.2, 0.25) is 0 Å². The Bertz CT molecular complexity index is 1080. The summed E-state index contributed by atoms with van der Waals surface area (Å²) in [5, 5.41) is 14.4. The number of anilines is 1. The topological polar surface area (TPSA) is 88.4 Å². The average molecular weight is 394 g/mol. The second kappa shape index (κ2) is 8.55. The minimum absolute atomic E-state index is 0.213. The van der Waals surface area contributed by atoms with Gasteiger partial charge in [-0.05, 0) is 42.3 Å². The molecule has 0 fully saturated rings. The Morgan fingerprint density at radius 3 is 2.64 bits per heavy atom. The Hall–Kier alpha value is -3.37. The van der Waals surface area contributed by atoms with Crippen molar-refractivity contribution in [1.29, 1.82) is 5.26 Å². The van der Waals surface area contributed by atoms with E-state index in [1.54, 1.807) is 19.9 Å². The Labute approximate surface area is 166 Å². The van der Waals surface area contributed by atoms with Crippen molar-refractivity contribution in [3.05, 3.63) is 58.5 Å². The highest BCUT2D eigenvalue weighted by atomic mass is 32.1. The van der Waals surface area contributed by atoms with Gasteiger partial charge < -0.3 is 14.8 Å². The summed E-state index contributed by atoms with van der Waals surface area (Å²) >= 11 is 1.03. The summed E-state index contributed by atoms with van der Waals surface area (Å²) in [6.45, 7) is 3.38. The molecule has 0 saturated heterocycles. The van der Waals surface area contributed by atoms with Crippen LogP contribution in [0.15, 0.2) is 42.5 Å². The monoisotopic (exact) mass is 394 g/mol. The molecule has 3 rings (SSSR count). The Morgan fingerprint density at radius 1 is 1.18 bits per heavy atom. The molecule has 0 radical (unpaired) electrons. The van der Waals surface area contributed by atoms with Gasteiger partial charge in [0.05, 0.1) is 12.2 Å². The first-order valence-electron chi connectivity index (χ1n) is 8.65. The van der Waals surface area contributed by atoms with Crippen LogP contribution in [-0.2, 0) is 9.53 Å². The molecule has 1 aromatic heterocycles. The molecular formula is C21H18N2O4S. The van der Waals surface area contributed by atoms with Crippen molar-refractivity contribution in [2.75, 3.05) is 18.5 Å². The van der Waals surface area contributed by atoms with Gasteiger partial charge in [0.1, 0.15) is 21.7 Å². The van der Waals surface area contributed by atoms with Crippen LogP contribution in [0.25, 0.3) is 10.8 Å². The summed E-state index contributed by atoms with van der Waals surface area (Å²) in [6, 6.07) is 15.5. The minimum Gasteiger partial charge on any atom is -0.484 e. The van der Waals surface area contributed by atoms with Gasteiger partial charge >= 0.3 is 5.97 Å². The molecule has 0 unspecified atom stereocenters. The van der Waals surface area contributed by atoms with Crippen LogP contribution in [0.1, 0.15) is 27.7 Å². The molecule has 0 aliphatic carbocycles. The summed E-state index contributed by atoms with van der Waals surface area (Å²) in [6.07, 6.45) is 0. The average Bonchev–Trinajstić information content (AvgIpc) is 3.01. The first kappa shape index (κ1) is 19.4. The molecular weight excluding hydrogens is 376 g/mol. The maximum absolute atomic E-state index is 12.3. The largest absolute Gasteiger partial charge is 0.484 e. The minimum atomic E-state index is -0.505. The smallest absolute Gasteiger partial charge is 0.348 e. The molecule has 0 atom stereocenters. The lowest BCUT2D eigenvalue weighted by atomic mass is 10.1. The summed E-state index contributed by atoms with van der Waals surface area (Å²) < 4.78 is 10.6. The highest BCUT2D eigenvalue weighted by molar-refractivity contribution is 7.18. The molecule has 2 aromatic carbocycles. The molecule has 7 heteroatoms. The molecule has 142 valence electrons. The first-order valence-corrected chi connectivity index (χ1v) is 9.47. The zero-order valence-corrected chi connectivity index (χ0v) is 16.3. The van der Waals surface area contributed by atoms with Gasteiger partial charge in [0.15, 0.2) is 6.61 Å². The second-order valence-corrected chi connectivity index (χ2v) is 6.96. The number of nitrogens with one attached hydrogen (secondary N) is 1. The number of amides is 1. The number of esters is 1. The summed E-state index contributed by atoms with van der Waals surface area (Å²) in [4.78, 5) is 24.6. The van der Waals surface area contributed by atoms with E-state index in [4.69, 9.17) is 9.47 Å². The predicted octanol–water partition coefficient (Wildman–Crippen LogP) is 4.28. The van der Waals surface area contributed by atoms with E-state index < -0.39 is 11.9 Å². The van der Waals surface area contributed by atoms with Crippen molar-refractivity contribution >= 4 is 39.0 Å². The van der Waals surface area contributed by atoms with Crippen molar-refractivity contribution < 1.29 is 19.1 Å². The van der Waals surface area contributed by atoms with Crippen LogP contribution in [-0.4, -0.2) is 25.1 Å². The van der Waals surface area contributed by atoms with Crippen LogP contribution < -0.4 is 10.1 Å². The molecule has 0 bridgehead atoms. The SMILES string of the molecule is CCOC(=O)c1sc(NC(=O)COc2ccc3ccccc3c2)c(C#N)c1C. The van der Waals surface area contributed by atoms with Crippen LogP contribution in [0.4, 0.5) is 5.00 Å². The fourth-order valence-electron chi connectivity index (χ4n) is 2.70. The number of nitrogens with zero attached hydrogens (tertiary/aromatic N) is 1. The van der Waals surface area contributed by atoms with E-state index in [-0.39, 0.29) is 18.8 Å². The maximum atomic E-state index is 12.3. The van der Waals surface area contributed by atoms with E-state index in [0.717, 1.165) is 22.1 Å². The molecule has 28 heavy (non-hydrogen) atoms. The molecule has 0 saturated carbocycles. The van der Waals surface area contributed by atoms with E-state index in [2.05, 4.69) is 5.32 Å². The zero-order valence-electron chi connectivity index (χ0n) is 15.4. The van der Waals surface area contributed by atoms with E-state index in [1.165, 1.54) is 0 Å². The third-order valence-electron chi connectivity index (χ3n) is 4.06. The molecule has 1 amide bonds. The third kappa shape index (κ3) is 4.13. The Balaban J connectivity index is 1.69. The van der Waals surface area contributed by atoms with Crippen LogP contribution in [0, 0.1) is 18.3 Å². The van der Waals surface area contributed by atoms with E-state index in [9.17, 15) is 14.9 Å². The summed E-state index contributed by atoms with van der Waals surface area (Å²) in [5.41, 5.74) is 0.754. The van der Waals surface area contributed by atoms with Gasteiger partial charge in [-0.25, -0.2) is 4.79 Å². The van der Waals surface area contributed by atoms with Gasteiger partial charge in [-0.3, -0.25) is 4.79 Å². The lowest BCUT2D eigenvalue weighted by Crippen LogP contribution is -2.20. The molecule has 0 spiro atoms. The van der Waals surface area contributed by atoms with Crippen molar-refractivity contribution in [1.82, 2.24) is 0 Å². The number of benzene rings is 2. The van der Waals surface area contributed by atoms with E-state index >= 15 is 0 Å². The number of hydrogen-bond donors (Lipinski definition) is 1. The lowest BCUT2D eigenvalue weighted by Gasteiger charge is -2.07. The molecule has 1 N–H and O–H groups in total. The van der Waals surface area contributed by atoms with Crippen LogP contribution in [0.5, 0.6) is 5.75 Å². The first-order chi connectivity index (χ1) is 13.5. The maximum Gasteiger partial charge on any atom is 0.348 e. The van der Waals surface area contributed by atoms with Gasteiger partial charge in [0, 0.05) is 0 Å². The van der Waals surface area contributed by atoms with Crippen LogP contribution >= 0.6 is 11.3 Å². The number of hydrogen-bond acceptors (Lipinski definition) is 6. The van der Waals surface area contributed by atoms with Gasteiger partial charge in [0.25, 0.3) is 5.91 Å². The predicted molar refractivity (Wildman–Crippen MR) is 108 cm³/mol. The van der Waals surface area contributed by atoms with Crippen molar-refractivity contribution in [2.45, 2.75) is 13.8 Å². The fraction of sp³-hybridized carbons (Fsp3) is 0.190. The highest BCUT2D eigenvalue weighted by Crippen LogP contribution is 2.33. The van der Waals surface area contributed by atoms with Crippen molar-refractivity contribution in [3.8, 4) is 11.8 Å². The molecule has 1 heterocycles. The number of nitriles is 1. The molecule has 3 aromatic rings. The number of thiophene rings is 1. The number of rotatable bonds is 6. The number of carbonyl (C=O) groups is 2. The quantitative estimate of drug-likeness (QED) is 0.631. The summed E-state index contributed by atoms with van der Waals surface area (Å²) in [7, 11) is 0. The zero-order chi connectivity index (χ0) is 20.1. The number of carbonyl (C=O) groups excluding carboxylic acids is 2. The normalized spacial score (nSPS) is 10.3. The summed E-state index contributed by atoms with van der Waals surface area (Å²) in [5.74, 6) is -0.348. The van der Waals surface area contributed by atoms with Crippen LogP contribution in [0.3, 0.4) is 0 Å². The number of fused-ring (bicyclic) bond motifs is 1. The highest BCUT2D eigenvalue weighted by Gasteiger charge is 2.22. The fourth-order valence-corrected chi connectivity index (χ4v) is 3.76. The molecule has 0 aliphatic heterocycles. The van der Waals surface area contributed by atoms with Crippen LogP contribution in [0.2, 0.25) is 0 Å². The third-order valence-corrected chi connectivity index (χ3v) is 5.25. The van der Waals surface area contributed by atoms with Gasteiger partial charge in [-0.1, -0.05) is 30.3 Å². The lowest BCUT2D eigenvalue weighted by molar-refractivity contribution is -0.118. The van der Waals surface area contributed by atoms with Crippen molar-refractivity contribution in [2.24, 2.45) is 0 Å². The van der Waals surface area contributed by atoms with E-state index in [1.807, 2.05) is 42.5 Å². The molecule has 0 aliphatic rings. The van der Waals surface area contributed by atoms with Crippen molar-refractivity contribution in [3.63, 3.8) is 0 Å². The Kier molecular flexibility index (Phi) is 5.92. The number of ether oxygens (including phenoxy) is 2. The Morgan fingerprint density at radius 2 is 1.93 bits per heavy atom. The van der Waals surface area contributed by atoms with Gasteiger partial charge in [-0.2, -0.15) is 5.26 Å². The second-order valence-electron chi connectivity index (χ2n) is 5.94. The molecule has 6 nitrogen and oxygen atoms in total.